The van der Waals surface area contributed by atoms with Gasteiger partial charge in [-0.15, -0.1) is 11.6 Å². The van der Waals surface area contributed by atoms with Crippen molar-refractivity contribution in [2.75, 3.05) is 42.3 Å². The quantitative estimate of drug-likeness (QED) is 0.790. The van der Waals surface area contributed by atoms with Gasteiger partial charge in [0.05, 0.1) is 5.56 Å². The number of anilines is 2. The average Bonchev–Trinajstić information content (AvgIpc) is 2.68. The van der Waals surface area contributed by atoms with Crippen LogP contribution in [0.3, 0.4) is 0 Å². The van der Waals surface area contributed by atoms with Gasteiger partial charge in [0.15, 0.2) is 0 Å². The van der Waals surface area contributed by atoms with E-state index in [-0.39, 0.29) is 17.7 Å². The second kappa shape index (κ2) is 8.96. The lowest BCUT2D eigenvalue weighted by molar-refractivity contribution is -0.113. The number of alkyl halides is 1. The molecule has 2 fully saturated rings. The van der Waals surface area contributed by atoms with Crippen LogP contribution in [0.4, 0.5) is 11.4 Å². The molecule has 2 aliphatic rings. The molecule has 6 heteroatoms. The molecule has 2 aliphatic heterocycles. The van der Waals surface area contributed by atoms with Crippen LogP contribution in [0.1, 0.15) is 49.9 Å². The number of hydrogen-bond acceptors (Lipinski definition) is 3. The second-order valence-electron chi connectivity index (χ2n) is 8.06. The Labute approximate surface area is 167 Å². The van der Waals surface area contributed by atoms with Crippen molar-refractivity contribution in [3.8, 4) is 0 Å². The predicted molar refractivity (Wildman–Crippen MR) is 111 cm³/mol. The van der Waals surface area contributed by atoms with Gasteiger partial charge in [0.2, 0.25) is 5.91 Å². The number of carbonyl (C=O) groups is 2. The minimum absolute atomic E-state index is 0.0671. The van der Waals surface area contributed by atoms with Crippen LogP contribution >= 0.6 is 11.6 Å². The summed E-state index contributed by atoms with van der Waals surface area (Å²) >= 11 is 5.61. The topological polar surface area (TPSA) is 52.7 Å². The van der Waals surface area contributed by atoms with E-state index in [0.717, 1.165) is 63.5 Å². The van der Waals surface area contributed by atoms with Crippen LogP contribution in [0, 0.1) is 11.8 Å². The van der Waals surface area contributed by atoms with Gasteiger partial charge < -0.3 is 15.1 Å². The van der Waals surface area contributed by atoms with E-state index >= 15 is 0 Å². The monoisotopic (exact) mass is 391 g/mol. The van der Waals surface area contributed by atoms with Crippen molar-refractivity contribution in [1.82, 2.24) is 4.90 Å². The molecule has 1 N–H and O–H groups in total. The van der Waals surface area contributed by atoms with Crippen molar-refractivity contribution in [3.63, 3.8) is 0 Å². The van der Waals surface area contributed by atoms with Crippen molar-refractivity contribution in [1.29, 1.82) is 0 Å². The largest absolute Gasteiger partial charge is 0.371 e. The maximum Gasteiger partial charge on any atom is 0.256 e. The number of rotatable bonds is 4. The molecule has 0 radical (unpaired) electrons. The molecule has 27 heavy (non-hydrogen) atoms. The summed E-state index contributed by atoms with van der Waals surface area (Å²) in [5.41, 5.74) is 2.30. The fraction of sp³-hybridized carbons (Fsp3) is 0.619. The molecule has 5 nitrogen and oxygen atoms in total. The summed E-state index contributed by atoms with van der Waals surface area (Å²) in [7, 11) is 0. The fourth-order valence-corrected chi connectivity index (χ4v) is 3.95. The lowest BCUT2D eigenvalue weighted by atomic mass is 9.96. The van der Waals surface area contributed by atoms with E-state index in [9.17, 15) is 9.59 Å². The normalized spacial score (nSPS) is 19.2. The van der Waals surface area contributed by atoms with E-state index in [1.54, 1.807) is 0 Å². The molecular weight excluding hydrogens is 362 g/mol. The smallest absolute Gasteiger partial charge is 0.256 e. The van der Waals surface area contributed by atoms with Crippen molar-refractivity contribution in [3.05, 3.63) is 23.8 Å². The first kappa shape index (κ1) is 20.0. The predicted octanol–water partition coefficient (Wildman–Crippen LogP) is 3.97. The van der Waals surface area contributed by atoms with Crippen LogP contribution in [0.2, 0.25) is 0 Å². The molecule has 0 atom stereocenters. The summed E-state index contributed by atoms with van der Waals surface area (Å²) < 4.78 is 0. The number of nitrogens with zero attached hydrogens (tertiary/aromatic N) is 2. The molecule has 2 saturated heterocycles. The minimum Gasteiger partial charge on any atom is -0.371 e. The Balaban J connectivity index is 1.87. The van der Waals surface area contributed by atoms with Crippen molar-refractivity contribution < 1.29 is 9.59 Å². The van der Waals surface area contributed by atoms with E-state index in [1.165, 1.54) is 0 Å². The van der Waals surface area contributed by atoms with Gasteiger partial charge in [0.1, 0.15) is 5.88 Å². The van der Waals surface area contributed by atoms with Crippen LogP contribution < -0.4 is 10.2 Å². The van der Waals surface area contributed by atoms with Crippen LogP contribution in [-0.2, 0) is 4.79 Å². The third-order valence-electron chi connectivity index (χ3n) is 5.83. The molecule has 0 spiro atoms. The minimum atomic E-state index is -0.263. The highest BCUT2D eigenvalue weighted by Crippen LogP contribution is 2.30. The zero-order chi connectivity index (χ0) is 19.4. The number of benzene rings is 1. The van der Waals surface area contributed by atoms with Crippen molar-refractivity contribution in [2.45, 2.75) is 39.5 Å². The molecule has 3 rings (SSSR count). The Hall–Kier alpha value is -1.75. The summed E-state index contributed by atoms with van der Waals surface area (Å²) in [5.74, 6) is 1.11. The summed E-state index contributed by atoms with van der Waals surface area (Å²) in [6.45, 7) is 8.05. The van der Waals surface area contributed by atoms with Gasteiger partial charge >= 0.3 is 0 Å². The zero-order valence-corrected chi connectivity index (χ0v) is 17.1. The lowest BCUT2D eigenvalue weighted by Crippen LogP contribution is -2.40. The first-order valence-corrected chi connectivity index (χ1v) is 10.6. The van der Waals surface area contributed by atoms with Crippen molar-refractivity contribution in [2.24, 2.45) is 11.8 Å². The zero-order valence-electron chi connectivity index (χ0n) is 16.3. The lowest BCUT2D eigenvalue weighted by Gasteiger charge is -2.35. The third-order valence-corrected chi connectivity index (χ3v) is 6.07. The van der Waals surface area contributed by atoms with Crippen LogP contribution in [0.25, 0.3) is 0 Å². The van der Waals surface area contributed by atoms with E-state index in [0.29, 0.717) is 17.2 Å². The SMILES string of the molecule is CC1CCN(C(=O)c2cc(NC(=O)CCl)ccc2N2CCC(C)CC2)CC1. The standard InChI is InChI=1S/C21H30ClN3O2/c1-15-5-9-24(10-6-15)19-4-3-17(23-20(26)14-22)13-18(19)21(27)25-11-7-16(2)8-12-25/h3-4,13,15-16H,5-12,14H2,1-2H3,(H,23,26). The maximum absolute atomic E-state index is 13.3. The first-order valence-electron chi connectivity index (χ1n) is 10.0. The molecule has 2 amide bonds. The maximum atomic E-state index is 13.3. The highest BCUT2D eigenvalue weighted by atomic mass is 35.5. The summed E-state index contributed by atoms with van der Waals surface area (Å²) in [6, 6.07) is 5.66. The van der Waals surface area contributed by atoms with Crippen LogP contribution in [0.15, 0.2) is 18.2 Å². The Morgan fingerprint density at radius 3 is 2.22 bits per heavy atom. The Bertz CT molecular complexity index is 678. The number of carbonyl (C=O) groups excluding carboxylic acids is 2. The van der Waals surface area contributed by atoms with Crippen molar-refractivity contribution >= 4 is 34.8 Å². The summed E-state index contributed by atoms with van der Waals surface area (Å²) in [5, 5.41) is 2.77. The number of halogens is 1. The molecule has 0 aromatic heterocycles. The van der Waals surface area contributed by atoms with Gasteiger partial charge in [0, 0.05) is 37.6 Å². The van der Waals surface area contributed by atoms with Gasteiger partial charge in [-0.05, 0) is 55.7 Å². The number of nitrogens with one attached hydrogen (secondary N) is 1. The van der Waals surface area contributed by atoms with Crippen LogP contribution in [-0.4, -0.2) is 48.8 Å². The van der Waals surface area contributed by atoms with Gasteiger partial charge in [-0.3, -0.25) is 9.59 Å². The molecular formula is C21H30ClN3O2. The third kappa shape index (κ3) is 4.95. The molecule has 0 saturated carbocycles. The Morgan fingerprint density at radius 1 is 1.04 bits per heavy atom. The molecule has 0 bridgehead atoms. The number of amides is 2. The van der Waals surface area contributed by atoms with Gasteiger partial charge in [0.25, 0.3) is 5.91 Å². The molecule has 2 heterocycles. The van der Waals surface area contributed by atoms with E-state index < -0.39 is 0 Å². The molecule has 1 aromatic rings. The van der Waals surface area contributed by atoms with Crippen LogP contribution in [0.5, 0.6) is 0 Å². The summed E-state index contributed by atoms with van der Waals surface area (Å²) in [4.78, 5) is 29.2. The molecule has 0 aliphatic carbocycles. The number of likely N-dealkylation sites (tertiary alicyclic amines) is 1. The van der Waals surface area contributed by atoms with Gasteiger partial charge in [-0.25, -0.2) is 0 Å². The van der Waals surface area contributed by atoms with Gasteiger partial charge in [-0.1, -0.05) is 13.8 Å². The highest BCUT2D eigenvalue weighted by Gasteiger charge is 2.26. The highest BCUT2D eigenvalue weighted by molar-refractivity contribution is 6.29. The summed E-state index contributed by atoms with van der Waals surface area (Å²) in [6.07, 6.45) is 4.37. The Kier molecular flexibility index (Phi) is 6.64. The average molecular weight is 392 g/mol. The first-order chi connectivity index (χ1) is 13.0. The second-order valence-corrected chi connectivity index (χ2v) is 8.33. The fourth-order valence-electron chi connectivity index (χ4n) is 3.89. The molecule has 1 aromatic carbocycles. The molecule has 148 valence electrons. The van der Waals surface area contributed by atoms with E-state index in [4.69, 9.17) is 11.6 Å². The number of piperidine rings is 2. The van der Waals surface area contributed by atoms with E-state index in [1.807, 2.05) is 23.1 Å². The number of hydrogen-bond donors (Lipinski definition) is 1. The molecule has 0 unspecified atom stereocenters. The Morgan fingerprint density at radius 2 is 1.63 bits per heavy atom. The van der Waals surface area contributed by atoms with E-state index in [2.05, 4.69) is 24.1 Å². The van der Waals surface area contributed by atoms with Gasteiger partial charge in [-0.2, -0.15) is 0 Å².